The van der Waals surface area contributed by atoms with Gasteiger partial charge in [0.1, 0.15) is 11.6 Å². The monoisotopic (exact) mass is 276 g/mol. The predicted molar refractivity (Wildman–Crippen MR) is 67.6 cm³/mol. The number of amides is 1. The van der Waals surface area contributed by atoms with E-state index >= 15 is 0 Å². The van der Waals surface area contributed by atoms with Crippen molar-refractivity contribution < 1.29 is 9.72 Å². The summed E-state index contributed by atoms with van der Waals surface area (Å²) in [4.78, 5) is 22.3. The molecule has 96 valence electrons. The van der Waals surface area contributed by atoms with Gasteiger partial charge in [-0.3, -0.25) is 14.9 Å². The summed E-state index contributed by atoms with van der Waals surface area (Å²) < 4.78 is 2.82. The minimum absolute atomic E-state index is 0.0363. The summed E-state index contributed by atoms with van der Waals surface area (Å²) in [6.45, 7) is 0. The van der Waals surface area contributed by atoms with Gasteiger partial charge in [-0.1, -0.05) is 6.07 Å². The number of benzene rings is 1. The van der Waals surface area contributed by atoms with Gasteiger partial charge in [-0.05, 0) is 18.0 Å². The van der Waals surface area contributed by atoms with Gasteiger partial charge in [-0.2, -0.15) is 5.26 Å². The van der Waals surface area contributed by atoms with E-state index in [4.69, 9.17) is 11.0 Å². The standard InChI is InChI=1S/C11H8N4O3S/c12-5-7(11(13)16)8-4-6-9(15(17)18)2-1-3-10(6)19-14-8/h1-3,14H,4H2,(H2,13,16). The maximum atomic E-state index is 11.1. The van der Waals surface area contributed by atoms with Crippen molar-refractivity contribution in [3.8, 4) is 6.07 Å². The van der Waals surface area contributed by atoms with Crippen LogP contribution in [0, 0.1) is 21.4 Å². The first-order valence-corrected chi connectivity index (χ1v) is 5.98. The Labute approximate surface area is 112 Å². The molecule has 2 rings (SSSR count). The Morgan fingerprint density at radius 3 is 2.89 bits per heavy atom. The van der Waals surface area contributed by atoms with Crippen molar-refractivity contribution in [1.82, 2.24) is 4.72 Å². The van der Waals surface area contributed by atoms with Crippen LogP contribution in [0.3, 0.4) is 0 Å². The molecule has 0 spiro atoms. The molecule has 3 N–H and O–H groups in total. The quantitative estimate of drug-likeness (QED) is 0.273. The Balaban J connectivity index is 2.53. The predicted octanol–water partition coefficient (Wildman–Crippen LogP) is 1.01. The highest BCUT2D eigenvalue weighted by molar-refractivity contribution is 7.97. The van der Waals surface area contributed by atoms with Crippen LogP contribution in [0.5, 0.6) is 0 Å². The molecule has 19 heavy (non-hydrogen) atoms. The first kappa shape index (κ1) is 12.9. The first-order valence-electron chi connectivity index (χ1n) is 5.16. The first-order chi connectivity index (χ1) is 9.04. The number of nitrogens with zero attached hydrogens (tertiary/aromatic N) is 2. The largest absolute Gasteiger partial charge is 0.365 e. The summed E-state index contributed by atoms with van der Waals surface area (Å²) >= 11 is 1.12. The topological polar surface area (TPSA) is 122 Å². The van der Waals surface area contributed by atoms with Crippen molar-refractivity contribution in [3.05, 3.63) is 45.1 Å². The zero-order valence-corrected chi connectivity index (χ0v) is 10.4. The lowest BCUT2D eigenvalue weighted by molar-refractivity contribution is -0.385. The van der Waals surface area contributed by atoms with Gasteiger partial charge in [0, 0.05) is 23.1 Å². The van der Waals surface area contributed by atoms with Crippen molar-refractivity contribution in [3.63, 3.8) is 0 Å². The molecule has 0 atom stereocenters. The van der Waals surface area contributed by atoms with Crippen LogP contribution in [0.15, 0.2) is 34.4 Å². The average Bonchev–Trinajstić information content (AvgIpc) is 2.38. The van der Waals surface area contributed by atoms with Crippen LogP contribution in [-0.2, 0) is 11.2 Å². The van der Waals surface area contributed by atoms with E-state index in [2.05, 4.69) is 4.72 Å². The Hall–Kier alpha value is -2.53. The van der Waals surface area contributed by atoms with Gasteiger partial charge < -0.3 is 10.5 Å². The number of nitrogens with one attached hydrogen (secondary N) is 1. The molecule has 0 saturated carbocycles. The van der Waals surface area contributed by atoms with Gasteiger partial charge in [0.2, 0.25) is 0 Å². The third kappa shape index (κ3) is 2.36. The van der Waals surface area contributed by atoms with Gasteiger partial charge >= 0.3 is 0 Å². The third-order valence-electron chi connectivity index (χ3n) is 2.60. The molecule has 7 nitrogen and oxygen atoms in total. The molecule has 8 heteroatoms. The molecular formula is C11H8N4O3S. The third-order valence-corrected chi connectivity index (χ3v) is 3.55. The lowest BCUT2D eigenvalue weighted by atomic mass is 10.0. The number of nitro groups is 1. The van der Waals surface area contributed by atoms with E-state index in [9.17, 15) is 14.9 Å². The number of nitrogens with two attached hydrogens (primary N) is 1. The van der Waals surface area contributed by atoms with E-state index in [1.807, 2.05) is 0 Å². The highest BCUT2D eigenvalue weighted by Gasteiger charge is 2.25. The number of rotatable bonds is 2. The molecule has 0 fully saturated rings. The summed E-state index contributed by atoms with van der Waals surface area (Å²) in [6.07, 6.45) is 0.103. The molecule has 0 saturated heterocycles. The van der Waals surface area contributed by atoms with E-state index in [1.165, 1.54) is 6.07 Å². The molecule has 0 aliphatic carbocycles. The molecule has 1 amide bonds. The zero-order valence-electron chi connectivity index (χ0n) is 9.54. The fraction of sp³-hybridized carbons (Fsp3) is 0.0909. The highest BCUT2D eigenvalue weighted by atomic mass is 32.2. The molecule has 0 bridgehead atoms. The van der Waals surface area contributed by atoms with E-state index in [1.54, 1.807) is 18.2 Å². The molecule has 1 aromatic rings. The molecule has 1 heterocycles. The van der Waals surface area contributed by atoms with Crippen molar-refractivity contribution in [2.75, 3.05) is 0 Å². The second-order valence-corrected chi connectivity index (χ2v) is 4.57. The fourth-order valence-corrected chi connectivity index (χ4v) is 2.59. The SMILES string of the molecule is N#CC(C(N)=O)=C1Cc2c(cccc2[N+](=O)[O-])SN1. The van der Waals surface area contributed by atoms with Crippen LogP contribution < -0.4 is 10.5 Å². The molecule has 0 radical (unpaired) electrons. The maximum absolute atomic E-state index is 11.1. The summed E-state index contributed by atoms with van der Waals surface area (Å²) in [6, 6.07) is 6.41. The summed E-state index contributed by atoms with van der Waals surface area (Å²) in [5, 5.41) is 19.8. The Bertz CT molecular complexity index is 648. The number of hydrogen-bond acceptors (Lipinski definition) is 6. The number of nitriles is 1. The van der Waals surface area contributed by atoms with Crippen LogP contribution >= 0.6 is 11.9 Å². The molecule has 1 aromatic carbocycles. The summed E-state index contributed by atoms with van der Waals surface area (Å²) in [5.74, 6) is -0.854. The zero-order chi connectivity index (χ0) is 14.0. The number of fused-ring (bicyclic) bond motifs is 1. The Kier molecular flexibility index (Phi) is 3.39. The number of nitro benzene ring substituents is 1. The second kappa shape index (κ2) is 4.99. The second-order valence-electron chi connectivity index (χ2n) is 3.72. The van der Waals surface area contributed by atoms with Gasteiger partial charge in [0.15, 0.2) is 0 Å². The minimum atomic E-state index is -0.854. The Morgan fingerprint density at radius 2 is 2.32 bits per heavy atom. The number of primary amides is 1. The summed E-state index contributed by atoms with van der Waals surface area (Å²) in [5.41, 5.74) is 5.61. The van der Waals surface area contributed by atoms with E-state index in [0.717, 1.165) is 11.9 Å². The molecule has 1 aliphatic heterocycles. The average molecular weight is 276 g/mol. The van der Waals surface area contributed by atoms with Crippen LogP contribution in [0.25, 0.3) is 0 Å². The van der Waals surface area contributed by atoms with Crippen molar-refractivity contribution in [2.45, 2.75) is 11.3 Å². The lowest BCUT2D eigenvalue weighted by Gasteiger charge is -2.19. The van der Waals surface area contributed by atoms with Gasteiger partial charge in [0.05, 0.1) is 10.5 Å². The highest BCUT2D eigenvalue weighted by Crippen LogP contribution is 2.35. The van der Waals surface area contributed by atoms with Crippen LogP contribution in [0.2, 0.25) is 0 Å². The van der Waals surface area contributed by atoms with Crippen LogP contribution in [0.1, 0.15) is 5.56 Å². The molecular weight excluding hydrogens is 268 g/mol. The van der Waals surface area contributed by atoms with Crippen LogP contribution in [-0.4, -0.2) is 10.8 Å². The number of carbonyl (C=O) groups is 1. The number of hydrogen-bond donors (Lipinski definition) is 2. The van der Waals surface area contributed by atoms with Crippen molar-refractivity contribution in [1.29, 1.82) is 5.26 Å². The van der Waals surface area contributed by atoms with E-state index < -0.39 is 10.8 Å². The van der Waals surface area contributed by atoms with E-state index in [-0.39, 0.29) is 17.7 Å². The minimum Gasteiger partial charge on any atom is -0.365 e. The van der Waals surface area contributed by atoms with Crippen molar-refractivity contribution >= 4 is 23.5 Å². The number of allylic oxidation sites excluding steroid dienone is 1. The fourth-order valence-electron chi connectivity index (χ4n) is 1.74. The van der Waals surface area contributed by atoms with Gasteiger partial charge in [-0.15, -0.1) is 0 Å². The Morgan fingerprint density at radius 1 is 1.58 bits per heavy atom. The molecule has 0 unspecified atom stereocenters. The smallest absolute Gasteiger partial charge is 0.274 e. The van der Waals surface area contributed by atoms with Gasteiger partial charge in [-0.25, -0.2) is 0 Å². The van der Waals surface area contributed by atoms with Crippen LogP contribution in [0.4, 0.5) is 5.69 Å². The molecule has 1 aliphatic rings. The van der Waals surface area contributed by atoms with Gasteiger partial charge in [0.25, 0.3) is 11.6 Å². The lowest BCUT2D eigenvalue weighted by Crippen LogP contribution is -2.23. The number of carbonyl (C=O) groups excluding carboxylic acids is 1. The van der Waals surface area contributed by atoms with E-state index in [0.29, 0.717) is 16.2 Å². The van der Waals surface area contributed by atoms with Crippen molar-refractivity contribution in [2.24, 2.45) is 5.73 Å². The normalized spacial score (nSPS) is 15.7. The summed E-state index contributed by atoms with van der Waals surface area (Å²) in [7, 11) is 0. The maximum Gasteiger partial charge on any atom is 0.274 e. The molecule has 0 aromatic heterocycles.